The fourth-order valence-corrected chi connectivity index (χ4v) is 7.14. The third-order valence-corrected chi connectivity index (χ3v) is 9.28. The Labute approximate surface area is 267 Å². The molecule has 2 unspecified atom stereocenters. The molecule has 0 saturated carbocycles. The summed E-state index contributed by atoms with van der Waals surface area (Å²) < 4.78 is 12.3. The van der Waals surface area contributed by atoms with Gasteiger partial charge >= 0.3 is 11.9 Å². The first-order chi connectivity index (χ1) is 22.2. The normalized spacial score (nSPS) is 16.0. The Morgan fingerprint density at radius 1 is 0.609 bits per heavy atom. The third-order valence-electron chi connectivity index (χ3n) is 9.28. The lowest BCUT2D eigenvalue weighted by Crippen LogP contribution is -2.26. The zero-order valence-corrected chi connectivity index (χ0v) is 26.0. The van der Waals surface area contributed by atoms with E-state index in [-0.39, 0.29) is 5.97 Å². The first-order valence-corrected chi connectivity index (χ1v) is 15.6. The van der Waals surface area contributed by atoms with Gasteiger partial charge in [-0.05, 0) is 81.8 Å². The monoisotopic (exact) mass is 600 g/mol. The van der Waals surface area contributed by atoms with Gasteiger partial charge in [0.05, 0.1) is 5.41 Å². The van der Waals surface area contributed by atoms with Crippen LogP contribution in [0, 0.1) is 5.41 Å². The van der Waals surface area contributed by atoms with Gasteiger partial charge in [-0.2, -0.15) is 0 Å². The molecule has 6 aromatic carbocycles. The molecule has 0 N–H and O–H groups in total. The minimum atomic E-state index is -0.652. The molecule has 6 aromatic rings. The summed E-state index contributed by atoms with van der Waals surface area (Å²) in [4.78, 5) is 25.9. The number of carbonyl (C=O) groups is 2. The number of esters is 2. The van der Waals surface area contributed by atoms with Gasteiger partial charge in [-0.25, -0.2) is 4.79 Å². The van der Waals surface area contributed by atoms with Gasteiger partial charge in [-0.3, -0.25) is 4.79 Å². The summed E-state index contributed by atoms with van der Waals surface area (Å²) in [7, 11) is 0. The van der Waals surface area contributed by atoms with Crippen LogP contribution in [0.4, 0.5) is 0 Å². The lowest BCUT2D eigenvalue weighted by Gasteiger charge is -2.31. The van der Waals surface area contributed by atoms with Gasteiger partial charge in [-0.1, -0.05) is 110 Å². The number of rotatable bonds is 4. The number of ether oxygens (including phenoxy) is 2. The molecule has 2 aliphatic carbocycles. The molecule has 0 aromatic heterocycles. The maximum Gasteiger partial charge on any atom is 0.331 e. The van der Waals surface area contributed by atoms with Gasteiger partial charge in [0, 0.05) is 28.3 Å². The molecule has 224 valence electrons. The summed E-state index contributed by atoms with van der Waals surface area (Å²) >= 11 is 0. The van der Waals surface area contributed by atoms with Crippen molar-refractivity contribution in [3.63, 3.8) is 0 Å². The van der Waals surface area contributed by atoms with E-state index in [2.05, 4.69) is 79.4 Å². The summed E-state index contributed by atoms with van der Waals surface area (Å²) in [5.74, 6) is -0.706. The second kappa shape index (κ2) is 10.3. The molecule has 0 aliphatic heterocycles. The van der Waals surface area contributed by atoms with Crippen LogP contribution in [0.25, 0.3) is 54.9 Å². The third kappa shape index (κ3) is 4.21. The van der Waals surface area contributed by atoms with E-state index >= 15 is 0 Å². The SMILES string of the molecule is C=CC(=O)OC1c2ccccc2-c2ccc(-c3ccc4c(c3)C(OC(=O)C(C)(C)C)c3cccc5cccc-4c35)c3cccc1c23. The molecule has 0 fully saturated rings. The highest BCUT2D eigenvalue weighted by atomic mass is 16.5. The smallest absolute Gasteiger partial charge is 0.331 e. The Morgan fingerprint density at radius 3 is 1.98 bits per heavy atom. The van der Waals surface area contributed by atoms with Crippen LogP contribution in [0.1, 0.15) is 55.2 Å². The summed E-state index contributed by atoms with van der Waals surface area (Å²) in [5, 5.41) is 4.36. The molecule has 0 spiro atoms. The number of hydrogen-bond donors (Lipinski definition) is 0. The largest absolute Gasteiger partial charge is 0.452 e. The van der Waals surface area contributed by atoms with Gasteiger partial charge in [0.1, 0.15) is 0 Å². The lowest BCUT2D eigenvalue weighted by molar-refractivity contribution is -0.157. The standard InChI is InChI=1S/C42H32O4/c1-5-36(43)45-39-32-14-7-6-13-27(32)31-22-21-26(29-16-10-18-34(39)38(29)31)25-19-20-28-30-15-8-11-24-12-9-17-33(37(24)30)40(35(28)23-25)46-41(44)42(2,3)4/h5-23,39-40H,1H2,2-4H3. The second-order valence-electron chi connectivity index (χ2n) is 13.1. The Bertz CT molecular complexity index is 2260. The van der Waals surface area contributed by atoms with Crippen molar-refractivity contribution in [2.75, 3.05) is 0 Å². The van der Waals surface area contributed by atoms with Crippen molar-refractivity contribution >= 4 is 33.5 Å². The van der Waals surface area contributed by atoms with E-state index in [1.165, 1.54) is 6.08 Å². The summed E-state index contributed by atoms with van der Waals surface area (Å²) in [6.45, 7) is 9.28. The predicted octanol–water partition coefficient (Wildman–Crippen LogP) is 10.1. The molecule has 2 atom stereocenters. The summed E-state index contributed by atoms with van der Waals surface area (Å²) in [6.07, 6.45) is 0.119. The summed E-state index contributed by atoms with van der Waals surface area (Å²) in [5.41, 5.74) is 9.62. The van der Waals surface area contributed by atoms with E-state index in [4.69, 9.17) is 9.47 Å². The average molecular weight is 601 g/mol. The Balaban J connectivity index is 1.35. The van der Waals surface area contributed by atoms with E-state index in [1.54, 1.807) is 0 Å². The molecule has 2 aliphatic rings. The van der Waals surface area contributed by atoms with Gasteiger partial charge < -0.3 is 9.47 Å². The zero-order valence-electron chi connectivity index (χ0n) is 26.0. The van der Waals surface area contributed by atoms with Gasteiger partial charge in [-0.15, -0.1) is 0 Å². The number of fused-ring (bicyclic) bond motifs is 4. The highest BCUT2D eigenvalue weighted by Crippen LogP contribution is 2.50. The van der Waals surface area contributed by atoms with Gasteiger partial charge in [0.15, 0.2) is 12.2 Å². The van der Waals surface area contributed by atoms with Crippen molar-refractivity contribution < 1.29 is 19.1 Å². The fourth-order valence-electron chi connectivity index (χ4n) is 7.14. The highest BCUT2D eigenvalue weighted by molar-refractivity contribution is 6.09. The minimum absolute atomic E-state index is 0.245. The minimum Gasteiger partial charge on any atom is -0.452 e. The number of benzene rings is 6. The predicted molar refractivity (Wildman–Crippen MR) is 183 cm³/mol. The van der Waals surface area contributed by atoms with Crippen LogP contribution in [0.5, 0.6) is 0 Å². The molecular weight excluding hydrogens is 568 g/mol. The number of hydrogen-bond acceptors (Lipinski definition) is 4. The van der Waals surface area contributed by atoms with Crippen LogP contribution < -0.4 is 0 Å². The van der Waals surface area contributed by atoms with Gasteiger partial charge in [0.2, 0.25) is 0 Å². The molecule has 4 heteroatoms. The quantitative estimate of drug-likeness (QED) is 0.149. The van der Waals surface area contributed by atoms with E-state index in [1.807, 2.05) is 57.2 Å². The topological polar surface area (TPSA) is 52.6 Å². The van der Waals surface area contributed by atoms with Crippen LogP contribution in [0.3, 0.4) is 0 Å². The van der Waals surface area contributed by atoms with Crippen molar-refractivity contribution in [3.05, 3.63) is 144 Å². The van der Waals surface area contributed by atoms with Crippen LogP contribution in [0.2, 0.25) is 0 Å². The first kappa shape index (κ1) is 28.0. The Morgan fingerprint density at radius 2 is 1.20 bits per heavy atom. The zero-order chi connectivity index (χ0) is 31.7. The van der Waals surface area contributed by atoms with Crippen LogP contribution in [-0.2, 0) is 19.1 Å². The van der Waals surface area contributed by atoms with Crippen molar-refractivity contribution in [2.24, 2.45) is 5.41 Å². The molecule has 0 heterocycles. The molecular formula is C42H32O4. The molecule has 0 saturated heterocycles. The van der Waals surface area contributed by atoms with Crippen LogP contribution in [0.15, 0.2) is 122 Å². The van der Waals surface area contributed by atoms with E-state index in [9.17, 15) is 9.59 Å². The Kier molecular flexibility index (Phi) is 6.26. The van der Waals surface area contributed by atoms with Crippen molar-refractivity contribution in [1.29, 1.82) is 0 Å². The lowest BCUT2D eigenvalue weighted by atomic mass is 9.78. The van der Waals surface area contributed by atoms with E-state index in [0.29, 0.717) is 0 Å². The first-order valence-electron chi connectivity index (χ1n) is 15.6. The van der Waals surface area contributed by atoms with Crippen molar-refractivity contribution in [2.45, 2.75) is 33.0 Å². The van der Waals surface area contributed by atoms with Crippen molar-refractivity contribution in [1.82, 2.24) is 0 Å². The molecule has 46 heavy (non-hydrogen) atoms. The Hall–Kier alpha value is -5.48. The van der Waals surface area contributed by atoms with Crippen LogP contribution >= 0.6 is 0 Å². The van der Waals surface area contributed by atoms with Gasteiger partial charge in [0.25, 0.3) is 0 Å². The molecule has 0 bridgehead atoms. The molecule has 0 amide bonds. The maximum absolute atomic E-state index is 13.4. The fraction of sp³-hybridized carbons (Fsp3) is 0.143. The van der Waals surface area contributed by atoms with Crippen LogP contribution in [-0.4, -0.2) is 11.9 Å². The molecule has 4 nitrogen and oxygen atoms in total. The highest BCUT2D eigenvalue weighted by Gasteiger charge is 2.34. The molecule has 0 radical (unpaired) electrons. The number of carbonyl (C=O) groups excluding carboxylic acids is 2. The average Bonchev–Trinajstić information content (AvgIpc) is 3.07. The van der Waals surface area contributed by atoms with E-state index in [0.717, 1.165) is 77.2 Å². The van der Waals surface area contributed by atoms with Crippen molar-refractivity contribution in [3.8, 4) is 33.4 Å². The summed E-state index contributed by atoms with van der Waals surface area (Å²) in [6, 6.07) is 37.7. The maximum atomic E-state index is 13.4. The van der Waals surface area contributed by atoms with E-state index < -0.39 is 23.6 Å². The second-order valence-corrected chi connectivity index (χ2v) is 13.1. The molecule has 8 rings (SSSR count).